The summed E-state index contributed by atoms with van der Waals surface area (Å²) >= 11 is 0. The van der Waals surface area contributed by atoms with Crippen molar-refractivity contribution in [3.8, 4) is 17.2 Å². The highest BCUT2D eigenvalue weighted by Gasteiger charge is 2.42. The Morgan fingerprint density at radius 2 is 1.50 bits per heavy atom. The molecule has 0 radical (unpaired) electrons. The van der Waals surface area contributed by atoms with Gasteiger partial charge in [0, 0.05) is 13.2 Å². The van der Waals surface area contributed by atoms with Crippen LogP contribution >= 0.6 is 0 Å². The number of nitrogens with zero attached hydrogens (tertiary/aromatic N) is 1. The standard InChI is InChI=1S/C20H20F3NO7S/c21-20(22,23)31-17-3-1-15(2-4-17)30-16-5-7-18(8-6-16)32(27,28)13-19(24(26)14-25)9-11-29-12-10-19/h1-8,14,26H,9-13H2. The van der Waals surface area contributed by atoms with Gasteiger partial charge in [0.1, 0.15) is 17.2 Å². The van der Waals surface area contributed by atoms with Crippen LogP contribution in [0.5, 0.6) is 17.2 Å². The van der Waals surface area contributed by atoms with E-state index in [0.29, 0.717) is 5.06 Å². The van der Waals surface area contributed by atoms with Crippen molar-refractivity contribution in [1.82, 2.24) is 5.06 Å². The number of hydrogen-bond donors (Lipinski definition) is 1. The number of carbonyl (C=O) groups is 1. The van der Waals surface area contributed by atoms with E-state index in [1.165, 1.54) is 36.4 Å². The molecule has 0 aliphatic carbocycles. The molecule has 1 fully saturated rings. The molecule has 2 aromatic carbocycles. The van der Waals surface area contributed by atoms with Gasteiger partial charge in [0.25, 0.3) is 0 Å². The minimum atomic E-state index is -4.80. The third kappa shape index (κ3) is 5.90. The van der Waals surface area contributed by atoms with Crippen molar-refractivity contribution in [1.29, 1.82) is 0 Å². The molecule has 0 unspecified atom stereocenters. The molecule has 1 saturated heterocycles. The normalized spacial score (nSPS) is 16.2. The van der Waals surface area contributed by atoms with E-state index >= 15 is 0 Å². The highest BCUT2D eigenvalue weighted by atomic mass is 32.2. The number of halogens is 3. The molecule has 0 bridgehead atoms. The Morgan fingerprint density at radius 1 is 1.00 bits per heavy atom. The molecule has 0 spiro atoms. The Bertz CT molecular complexity index is 1020. The van der Waals surface area contributed by atoms with Gasteiger partial charge in [-0.25, -0.2) is 13.5 Å². The van der Waals surface area contributed by atoms with Crippen LogP contribution in [0.4, 0.5) is 13.2 Å². The van der Waals surface area contributed by atoms with E-state index in [0.717, 1.165) is 12.1 Å². The number of hydrogen-bond acceptors (Lipinski definition) is 7. The van der Waals surface area contributed by atoms with Gasteiger partial charge >= 0.3 is 6.36 Å². The number of amides is 1. The predicted molar refractivity (Wildman–Crippen MR) is 104 cm³/mol. The van der Waals surface area contributed by atoms with Crippen molar-refractivity contribution in [2.45, 2.75) is 29.6 Å². The maximum atomic E-state index is 12.9. The Kier molecular flexibility index (Phi) is 6.96. The molecule has 1 heterocycles. The fourth-order valence-corrected chi connectivity index (χ4v) is 5.15. The summed E-state index contributed by atoms with van der Waals surface area (Å²) in [6.45, 7) is 0.417. The van der Waals surface area contributed by atoms with Crippen LogP contribution in [0.1, 0.15) is 12.8 Å². The van der Waals surface area contributed by atoms with Gasteiger partial charge in [-0.1, -0.05) is 0 Å². The zero-order valence-electron chi connectivity index (χ0n) is 16.6. The third-order valence-corrected chi connectivity index (χ3v) is 6.85. The average molecular weight is 475 g/mol. The summed E-state index contributed by atoms with van der Waals surface area (Å²) in [5.41, 5.74) is -1.28. The molecule has 1 aliphatic rings. The van der Waals surface area contributed by atoms with E-state index in [9.17, 15) is 31.6 Å². The molecule has 174 valence electrons. The van der Waals surface area contributed by atoms with Crippen LogP contribution in [-0.2, 0) is 19.4 Å². The fraction of sp³-hybridized carbons (Fsp3) is 0.350. The summed E-state index contributed by atoms with van der Waals surface area (Å²) in [5.74, 6) is -0.412. The first kappa shape index (κ1) is 23.8. The van der Waals surface area contributed by atoms with Gasteiger partial charge < -0.3 is 14.2 Å². The lowest BCUT2D eigenvalue weighted by Crippen LogP contribution is -2.54. The number of alkyl halides is 3. The molecule has 0 aromatic heterocycles. The van der Waals surface area contributed by atoms with Crippen molar-refractivity contribution in [3.05, 3.63) is 48.5 Å². The van der Waals surface area contributed by atoms with E-state index < -0.39 is 33.2 Å². The van der Waals surface area contributed by atoms with E-state index in [4.69, 9.17) is 9.47 Å². The summed E-state index contributed by atoms with van der Waals surface area (Å²) in [5, 5.41) is 10.4. The van der Waals surface area contributed by atoms with Crippen molar-refractivity contribution in [3.63, 3.8) is 0 Å². The lowest BCUT2D eigenvalue weighted by molar-refractivity contribution is -0.274. The minimum Gasteiger partial charge on any atom is -0.457 e. The number of rotatable bonds is 8. The SMILES string of the molecule is O=CN(O)C1(CS(=O)(=O)c2ccc(Oc3ccc(OC(F)(F)F)cc3)cc2)CCOCC1. The molecule has 0 atom stereocenters. The third-order valence-electron chi connectivity index (χ3n) is 4.94. The molecule has 1 amide bonds. The maximum Gasteiger partial charge on any atom is 0.573 e. The molecule has 1 N–H and O–H groups in total. The summed E-state index contributed by atoms with van der Waals surface area (Å²) < 4.78 is 77.0. The van der Waals surface area contributed by atoms with E-state index in [-0.39, 0.29) is 48.9 Å². The first-order chi connectivity index (χ1) is 15.0. The zero-order chi connectivity index (χ0) is 23.4. The molecule has 12 heteroatoms. The lowest BCUT2D eigenvalue weighted by Gasteiger charge is -2.40. The van der Waals surface area contributed by atoms with Crippen LogP contribution in [0.3, 0.4) is 0 Å². The van der Waals surface area contributed by atoms with Crippen LogP contribution in [-0.4, -0.2) is 56.0 Å². The van der Waals surface area contributed by atoms with Crippen LogP contribution < -0.4 is 9.47 Å². The second-order valence-corrected chi connectivity index (χ2v) is 9.13. The molecule has 32 heavy (non-hydrogen) atoms. The van der Waals surface area contributed by atoms with E-state index in [1.54, 1.807) is 0 Å². The molecule has 2 aromatic rings. The molecule has 3 rings (SSSR count). The van der Waals surface area contributed by atoms with Gasteiger partial charge in [0.05, 0.1) is 16.2 Å². The quantitative estimate of drug-likeness (QED) is 0.354. The number of ether oxygens (including phenoxy) is 3. The fourth-order valence-electron chi connectivity index (χ4n) is 3.30. The zero-order valence-corrected chi connectivity index (χ0v) is 17.4. The molecule has 1 aliphatic heterocycles. The first-order valence-electron chi connectivity index (χ1n) is 9.41. The van der Waals surface area contributed by atoms with Gasteiger partial charge in [-0.2, -0.15) is 0 Å². The summed E-state index contributed by atoms with van der Waals surface area (Å²) in [6, 6.07) is 10.1. The van der Waals surface area contributed by atoms with Gasteiger partial charge in [-0.15, -0.1) is 13.2 Å². The predicted octanol–water partition coefficient (Wildman–Crippen LogP) is 3.55. The van der Waals surface area contributed by atoms with Crippen molar-refractivity contribution < 1.29 is 45.8 Å². The topological polar surface area (TPSA) is 102 Å². The van der Waals surface area contributed by atoms with Crippen LogP contribution in [0.2, 0.25) is 0 Å². The smallest absolute Gasteiger partial charge is 0.457 e. The molecule has 0 saturated carbocycles. The lowest BCUT2D eigenvalue weighted by atomic mass is 9.92. The molecular formula is C20H20F3NO7S. The van der Waals surface area contributed by atoms with E-state index in [2.05, 4.69) is 4.74 Å². The van der Waals surface area contributed by atoms with E-state index in [1.807, 2.05) is 0 Å². The van der Waals surface area contributed by atoms with Crippen molar-refractivity contribution in [2.24, 2.45) is 0 Å². The molecule has 8 nitrogen and oxygen atoms in total. The monoisotopic (exact) mass is 475 g/mol. The summed E-state index contributed by atoms with van der Waals surface area (Å²) in [4.78, 5) is 11.1. The highest BCUT2D eigenvalue weighted by Crippen LogP contribution is 2.31. The summed E-state index contributed by atoms with van der Waals surface area (Å²) in [6.07, 6.45) is -4.29. The number of benzene rings is 2. The Labute approximate surface area is 182 Å². The number of carbonyl (C=O) groups excluding carboxylic acids is 1. The average Bonchev–Trinajstić information content (AvgIpc) is 2.74. The van der Waals surface area contributed by atoms with Crippen molar-refractivity contribution in [2.75, 3.05) is 19.0 Å². The Morgan fingerprint density at radius 3 is 2.00 bits per heavy atom. The van der Waals surface area contributed by atoms with Crippen molar-refractivity contribution >= 4 is 16.2 Å². The summed E-state index contributed by atoms with van der Waals surface area (Å²) in [7, 11) is -3.88. The van der Waals surface area contributed by atoms with Gasteiger partial charge in [0.15, 0.2) is 9.84 Å². The Balaban J connectivity index is 1.71. The van der Waals surface area contributed by atoms with Gasteiger partial charge in [-0.3, -0.25) is 10.0 Å². The Hall–Kier alpha value is -2.83. The maximum absolute atomic E-state index is 12.9. The second-order valence-electron chi connectivity index (χ2n) is 7.14. The second kappa shape index (κ2) is 9.35. The number of hydroxylamine groups is 2. The highest BCUT2D eigenvalue weighted by molar-refractivity contribution is 7.91. The largest absolute Gasteiger partial charge is 0.573 e. The molecular weight excluding hydrogens is 455 g/mol. The minimum absolute atomic E-state index is 0.0380. The van der Waals surface area contributed by atoms with Crippen LogP contribution in [0.15, 0.2) is 53.4 Å². The van der Waals surface area contributed by atoms with Crippen LogP contribution in [0.25, 0.3) is 0 Å². The van der Waals surface area contributed by atoms with Gasteiger partial charge in [-0.05, 0) is 61.4 Å². The van der Waals surface area contributed by atoms with Crippen LogP contribution in [0, 0.1) is 0 Å². The number of sulfone groups is 1. The first-order valence-corrected chi connectivity index (χ1v) is 11.1. The van der Waals surface area contributed by atoms with Gasteiger partial charge in [0.2, 0.25) is 6.41 Å².